The Hall–Kier alpha value is -3.63. The Morgan fingerprint density at radius 3 is 2.58 bits per heavy atom. The van der Waals surface area contributed by atoms with Gasteiger partial charge in [0.15, 0.2) is 12.1 Å². The van der Waals surface area contributed by atoms with Crippen molar-refractivity contribution < 1.29 is 19.1 Å². The van der Waals surface area contributed by atoms with Crippen LogP contribution in [0.5, 0.6) is 0 Å². The average Bonchev–Trinajstić information content (AvgIpc) is 3.32. The first-order valence-corrected chi connectivity index (χ1v) is 13.2. The summed E-state index contributed by atoms with van der Waals surface area (Å²) in [6.07, 6.45) is 2.32. The number of para-hydroxylation sites is 1. The number of nitrogens with one attached hydrogen (secondary N) is 3. The summed E-state index contributed by atoms with van der Waals surface area (Å²) in [5.41, 5.74) is 15.7. The summed E-state index contributed by atoms with van der Waals surface area (Å²) in [7, 11) is 0. The van der Waals surface area contributed by atoms with Gasteiger partial charge in [0, 0.05) is 50.6 Å². The monoisotopic (exact) mass is 524 g/mol. The van der Waals surface area contributed by atoms with Gasteiger partial charge >= 0.3 is 11.9 Å². The molecule has 0 fully saturated rings. The van der Waals surface area contributed by atoms with Crippen LogP contribution in [-0.4, -0.2) is 62.8 Å². The molecule has 0 aliphatic carbocycles. The van der Waals surface area contributed by atoms with Gasteiger partial charge in [-0.15, -0.1) is 0 Å². The van der Waals surface area contributed by atoms with Crippen molar-refractivity contribution >= 4 is 29.3 Å². The van der Waals surface area contributed by atoms with Crippen LogP contribution in [0.3, 0.4) is 0 Å². The summed E-state index contributed by atoms with van der Waals surface area (Å²) in [5.74, 6) is -1.69. The second-order valence-corrected chi connectivity index (χ2v) is 9.32. The van der Waals surface area contributed by atoms with E-state index in [1.165, 1.54) is 11.3 Å². The first kappa shape index (κ1) is 28.9. The third kappa shape index (κ3) is 9.04. The van der Waals surface area contributed by atoms with Crippen molar-refractivity contribution in [1.82, 2.24) is 5.32 Å². The highest BCUT2D eigenvalue weighted by Crippen LogP contribution is 2.27. The Morgan fingerprint density at radius 1 is 1.08 bits per heavy atom. The maximum absolute atomic E-state index is 12.6. The molecular formula is C28H40N6O4. The summed E-state index contributed by atoms with van der Waals surface area (Å²) in [4.78, 5) is 27.3. The smallest absolute Gasteiger partial charge is 0.343 e. The van der Waals surface area contributed by atoms with Crippen molar-refractivity contribution in [1.29, 1.82) is 5.41 Å². The zero-order chi connectivity index (χ0) is 27.3. The van der Waals surface area contributed by atoms with E-state index in [0.29, 0.717) is 26.0 Å². The Bertz CT molecular complexity index is 1060. The minimum absolute atomic E-state index is 0.149. The van der Waals surface area contributed by atoms with Crippen molar-refractivity contribution in [2.75, 3.05) is 43.0 Å². The molecule has 38 heavy (non-hydrogen) atoms. The first-order chi connectivity index (χ1) is 18.4. The largest absolute Gasteiger partial charge is 0.390 e. The topological polar surface area (TPSA) is 156 Å². The summed E-state index contributed by atoms with van der Waals surface area (Å²) in [5, 5.41) is 13.2. The van der Waals surface area contributed by atoms with E-state index in [1.54, 1.807) is 6.92 Å². The lowest BCUT2D eigenvalue weighted by molar-refractivity contribution is -0.169. The molecule has 1 aliphatic rings. The van der Waals surface area contributed by atoms with Crippen molar-refractivity contribution in [2.24, 2.45) is 11.5 Å². The number of rotatable bonds is 15. The predicted molar refractivity (Wildman–Crippen MR) is 149 cm³/mol. The van der Waals surface area contributed by atoms with Crippen LogP contribution in [0.4, 0.5) is 11.4 Å². The van der Waals surface area contributed by atoms with Gasteiger partial charge in [0.05, 0.1) is 0 Å². The standard InChI is InChI=1S/C28H40N6O4/c1-2-37-25(27(36)38-26(35)23(29)8-5-15-33-28(30)31)19-20-10-12-22(13-11-20)32-16-6-17-34-18-14-21-7-3-4-9-24(21)34/h3-4,7,9-13,23,25,32H,2,5-6,8,14-19,29H2,1H3,(H4,30,31,33)/t23-,25?/m0/s1. The van der Waals surface area contributed by atoms with E-state index in [4.69, 9.17) is 26.4 Å². The number of nitrogens with zero attached hydrogens (tertiary/aromatic N) is 1. The van der Waals surface area contributed by atoms with Gasteiger partial charge in [-0.1, -0.05) is 30.3 Å². The molecule has 0 aromatic heterocycles. The predicted octanol–water partition coefficient (Wildman–Crippen LogP) is 2.16. The van der Waals surface area contributed by atoms with Crippen LogP contribution >= 0.6 is 0 Å². The lowest BCUT2D eigenvalue weighted by Gasteiger charge is -2.19. The number of carbonyl (C=O) groups is 2. The molecular weight excluding hydrogens is 484 g/mol. The Balaban J connectivity index is 1.40. The molecule has 10 heteroatoms. The molecule has 206 valence electrons. The zero-order valence-corrected chi connectivity index (χ0v) is 22.1. The first-order valence-electron chi connectivity index (χ1n) is 13.2. The molecule has 1 unspecified atom stereocenters. The van der Waals surface area contributed by atoms with Gasteiger partial charge < -0.3 is 36.5 Å². The fraction of sp³-hybridized carbons (Fsp3) is 0.464. The number of hydrogen-bond donors (Lipinski definition) is 5. The molecule has 0 saturated carbocycles. The van der Waals surface area contributed by atoms with Gasteiger partial charge in [-0.05, 0) is 61.9 Å². The third-order valence-electron chi connectivity index (χ3n) is 6.43. The average molecular weight is 525 g/mol. The Morgan fingerprint density at radius 2 is 1.84 bits per heavy atom. The van der Waals surface area contributed by atoms with Crippen LogP contribution in [0.25, 0.3) is 0 Å². The highest BCUT2D eigenvalue weighted by atomic mass is 16.6. The zero-order valence-electron chi connectivity index (χ0n) is 22.1. The number of fused-ring (bicyclic) bond motifs is 1. The number of nitrogens with two attached hydrogens (primary N) is 2. The normalized spacial score (nSPS) is 13.9. The van der Waals surface area contributed by atoms with Crippen LogP contribution in [-0.2, 0) is 31.9 Å². The van der Waals surface area contributed by atoms with Crippen LogP contribution in [0.2, 0.25) is 0 Å². The van der Waals surface area contributed by atoms with Crippen LogP contribution in [0, 0.1) is 5.41 Å². The highest BCUT2D eigenvalue weighted by Gasteiger charge is 2.26. The Labute approximate surface area is 224 Å². The Kier molecular flexibility index (Phi) is 11.4. The lowest BCUT2D eigenvalue weighted by Crippen LogP contribution is -2.39. The number of hydrogen-bond acceptors (Lipinski definition) is 8. The van der Waals surface area contributed by atoms with Crippen molar-refractivity contribution in [3.8, 4) is 0 Å². The number of guanidine groups is 1. The molecule has 2 aromatic carbocycles. The summed E-state index contributed by atoms with van der Waals surface area (Å²) >= 11 is 0. The maximum atomic E-state index is 12.6. The van der Waals surface area contributed by atoms with Gasteiger partial charge in [0.1, 0.15) is 6.04 Å². The minimum Gasteiger partial charge on any atom is -0.390 e. The molecule has 0 bridgehead atoms. The lowest BCUT2D eigenvalue weighted by atomic mass is 10.1. The van der Waals surface area contributed by atoms with E-state index >= 15 is 0 Å². The van der Waals surface area contributed by atoms with E-state index < -0.39 is 24.1 Å². The molecule has 3 rings (SSSR count). The fourth-order valence-electron chi connectivity index (χ4n) is 4.43. The molecule has 7 N–H and O–H groups in total. The second kappa shape index (κ2) is 14.9. The SMILES string of the molecule is CCOC(Cc1ccc(NCCCN2CCc3ccccc32)cc1)C(=O)OC(=O)[C@@H](N)CCCNC(=N)N. The van der Waals surface area contributed by atoms with E-state index in [2.05, 4.69) is 39.8 Å². The maximum Gasteiger partial charge on any atom is 0.343 e. The number of benzene rings is 2. The van der Waals surface area contributed by atoms with E-state index in [0.717, 1.165) is 43.7 Å². The molecule has 0 radical (unpaired) electrons. The van der Waals surface area contributed by atoms with Gasteiger partial charge in [-0.25, -0.2) is 9.59 Å². The van der Waals surface area contributed by atoms with E-state index in [-0.39, 0.29) is 12.4 Å². The molecule has 0 spiro atoms. The molecule has 1 heterocycles. The van der Waals surface area contributed by atoms with Gasteiger partial charge in [-0.3, -0.25) is 5.41 Å². The number of carbonyl (C=O) groups excluding carboxylic acids is 2. The highest BCUT2D eigenvalue weighted by molar-refractivity contribution is 5.90. The second-order valence-electron chi connectivity index (χ2n) is 9.32. The fourth-order valence-corrected chi connectivity index (χ4v) is 4.43. The molecule has 0 saturated heterocycles. The quantitative estimate of drug-likeness (QED) is 0.0774. The number of anilines is 2. The summed E-state index contributed by atoms with van der Waals surface area (Å²) in [6, 6.07) is 15.5. The van der Waals surface area contributed by atoms with Crippen molar-refractivity contribution in [3.63, 3.8) is 0 Å². The van der Waals surface area contributed by atoms with E-state index in [9.17, 15) is 9.59 Å². The third-order valence-corrected chi connectivity index (χ3v) is 6.43. The molecule has 2 aromatic rings. The van der Waals surface area contributed by atoms with Gasteiger partial charge in [0.2, 0.25) is 0 Å². The molecule has 0 amide bonds. The molecule has 1 aliphatic heterocycles. The number of esters is 2. The molecule has 10 nitrogen and oxygen atoms in total. The minimum atomic E-state index is -0.944. The van der Waals surface area contributed by atoms with Gasteiger partial charge in [0.25, 0.3) is 0 Å². The number of ether oxygens (including phenoxy) is 2. The summed E-state index contributed by atoms with van der Waals surface area (Å²) < 4.78 is 10.6. The van der Waals surface area contributed by atoms with Crippen molar-refractivity contribution in [3.05, 3.63) is 59.7 Å². The van der Waals surface area contributed by atoms with Crippen LogP contribution < -0.4 is 27.0 Å². The van der Waals surface area contributed by atoms with Crippen LogP contribution in [0.15, 0.2) is 48.5 Å². The van der Waals surface area contributed by atoms with Crippen molar-refractivity contribution in [2.45, 2.75) is 51.2 Å². The van der Waals surface area contributed by atoms with Crippen LogP contribution in [0.1, 0.15) is 37.3 Å². The molecule has 2 atom stereocenters. The van der Waals surface area contributed by atoms with Gasteiger partial charge in [-0.2, -0.15) is 0 Å². The van der Waals surface area contributed by atoms with E-state index in [1.807, 2.05) is 24.3 Å². The summed E-state index contributed by atoms with van der Waals surface area (Å²) in [6.45, 7) is 5.44.